The average molecular weight is 320 g/mol. The Labute approximate surface area is 132 Å². The fraction of sp³-hybridized carbons (Fsp3) is 0.375. The maximum absolute atomic E-state index is 12.9. The maximum Gasteiger partial charge on any atom is 0.312 e. The van der Waals surface area contributed by atoms with Crippen molar-refractivity contribution >= 4 is 29.2 Å². The van der Waals surface area contributed by atoms with Crippen molar-refractivity contribution in [2.75, 3.05) is 18.6 Å². The summed E-state index contributed by atoms with van der Waals surface area (Å²) in [6, 6.07) is 7.06. The summed E-state index contributed by atoms with van der Waals surface area (Å²) in [7, 11) is 1.33. The van der Waals surface area contributed by atoms with Crippen LogP contribution in [0.2, 0.25) is 5.02 Å². The minimum absolute atomic E-state index is 0.107. The third-order valence-corrected chi connectivity index (χ3v) is 4.96. The Morgan fingerprint density at radius 3 is 2.82 bits per heavy atom. The van der Waals surface area contributed by atoms with Gasteiger partial charge in [-0.1, -0.05) is 23.8 Å². The molecule has 0 radical (unpaired) electrons. The molecule has 0 aromatic heterocycles. The summed E-state index contributed by atoms with van der Waals surface area (Å²) in [5.41, 5.74) is 0.0301. The molecule has 3 aliphatic heterocycles. The molecule has 3 heterocycles. The molecule has 4 atom stereocenters. The van der Waals surface area contributed by atoms with Crippen molar-refractivity contribution < 1.29 is 19.1 Å². The van der Waals surface area contributed by atoms with Gasteiger partial charge < -0.3 is 14.4 Å². The number of benzene rings is 1. The maximum atomic E-state index is 12.9. The molecule has 0 unspecified atom stereocenters. The molecule has 114 valence electrons. The molecule has 4 rings (SSSR count). The summed E-state index contributed by atoms with van der Waals surface area (Å²) < 4.78 is 10.8. The molecule has 1 spiro atoms. The molecule has 0 N–H and O–H groups in total. The van der Waals surface area contributed by atoms with Gasteiger partial charge in [-0.15, -0.1) is 0 Å². The lowest BCUT2D eigenvalue weighted by Crippen LogP contribution is -2.39. The molecule has 1 amide bonds. The summed E-state index contributed by atoms with van der Waals surface area (Å²) in [6.45, 7) is 0.401. The number of carbonyl (C=O) groups is 2. The number of hydrogen-bond donors (Lipinski definition) is 0. The van der Waals surface area contributed by atoms with Crippen LogP contribution in [0.25, 0.3) is 0 Å². The summed E-state index contributed by atoms with van der Waals surface area (Å²) in [5.74, 6) is -1.59. The van der Waals surface area contributed by atoms with Gasteiger partial charge in [0, 0.05) is 10.7 Å². The van der Waals surface area contributed by atoms with E-state index in [4.69, 9.17) is 21.1 Å². The van der Waals surface area contributed by atoms with E-state index in [2.05, 4.69) is 0 Å². The van der Waals surface area contributed by atoms with E-state index in [1.54, 1.807) is 29.2 Å². The quantitative estimate of drug-likeness (QED) is 0.616. The number of fused-ring (bicyclic) bond motifs is 1. The van der Waals surface area contributed by atoms with E-state index >= 15 is 0 Å². The zero-order valence-corrected chi connectivity index (χ0v) is 12.6. The first-order valence-electron chi connectivity index (χ1n) is 7.08. The fourth-order valence-electron chi connectivity index (χ4n) is 3.74. The van der Waals surface area contributed by atoms with Crippen LogP contribution in [0.15, 0.2) is 36.4 Å². The van der Waals surface area contributed by atoms with Crippen molar-refractivity contribution in [3.63, 3.8) is 0 Å². The number of rotatable bonds is 2. The average Bonchev–Trinajstić information content (AvgIpc) is 3.16. The molecular formula is C16H14ClNO4. The Kier molecular flexibility index (Phi) is 2.86. The van der Waals surface area contributed by atoms with Crippen LogP contribution in [0, 0.1) is 11.8 Å². The Morgan fingerprint density at radius 1 is 1.41 bits per heavy atom. The summed E-state index contributed by atoms with van der Waals surface area (Å²) in [4.78, 5) is 26.6. The highest BCUT2D eigenvalue weighted by molar-refractivity contribution is 6.30. The lowest BCUT2D eigenvalue weighted by atomic mass is 9.77. The highest BCUT2D eigenvalue weighted by Crippen LogP contribution is 2.52. The number of amides is 1. The lowest BCUT2D eigenvalue weighted by molar-refractivity contribution is -0.149. The second kappa shape index (κ2) is 4.57. The minimum atomic E-state index is -0.722. The Morgan fingerprint density at radius 2 is 2.14 bits per heavy atom. The Hall–Kier alpha value is -1.85. The van der Waals surface area contributed by atoms with Crippen molar-refractivity contribution in [1.82, 2.24) is 0 Å². The van der Waals surface area contributed by atoms with Crippen LogP contribution in [-0.2, 0) is 19.1 Å². The number of esters is 1. The highest BCUT2D eigenvalue weighted by Gasteiger charge is 2.67. The van der Waals surface area contributed by atoms with Gasteiger partial charge in [-0.05, 0) is 24.3 Å². The first kappa shape index (κ1) is 13.8. The van der Waals surface area contributed by atoms with Gasteiger partial charge >= 0.3 is 5.97 Å². The standard InChI is InChI=1S/C16H14ClNO4/c1-21-15(20)12-11-6-7-16(22-11)8-18(14(19)13(12)16)10-4-2-9(17)3-5-10/h2-7,11-13H,8H2,1H3/t11-,12-,13+,16-/m1/s1. The van der Waals surface area contributed by atoms with E-state index < -0.39 is 23.4 Å². The summed E-state index contributed by atoms with van der Waals surface area (Å²) in [5, 5.41) is 0.610. The molecular weight excluding hydrogens is 306 g/mol. The predicted octanol–water partition coefficient (Wildman–Crippen LogP) is 1.80. The highest BCUT2D eigenvalue weighted by atomic mass is 35.5. The number of anilines is 1. The van der Waals surface area contributed by atoms with Crippen molar-refractivity contribution in [1.29, 1.82) is 0 Å². The first-order valence-corrected chi connectivity index (χ1v) is 7.45. The molecule has 1 aromatic rings. The van der Waals surface area contributed by atoms with E-state index in [0.29, 0.717) is 11.6 Å². The first-order chi connectivity index (χ1) is 10.6. The van der Waals surface area contributed by atoms with Crippen LogP contribution < -0.4 is 4.90 Å². The zero-order chi connectivity index (χ0) is 15.5. The number of carbonyl (C=O) groups excluding carboxylic acids is 2. The van der Waals surface area contributed by atoms with Crippen molar-refractivity contribution in [2.45, 2.75) is 11.7 Å². The largest absolute Gasteiger partial charge is 0.469 e. The molecule has 2 fully saturated rings. The van der Waals surface area contributed by atoms with Gasteiger partial charge in [0.2, 0.25) is 5.91 Å². The SMILES string of the molecule is COC(=O)[C@H]1[C@H]2C(=O)N(c3ccc(Cl)cc3)C[C@]23C=C[C@H]1O3. The Bertz CT molecular complexity index is 686. The molecule has 3 aliphatic rings. The number of ether oxygens (including phenoxy) is 2. The Balaban J connectivity index is 1.71. The van der Waals surface area contributed by atoms with E-state index in [0.717, 1.165) is 5.69 Å². The van der Waals surface area contributed by atoms with Crippen molar-refractivity contribution in [3.05, 3.63) is 41.4 Å². The molecule has 6 heteroatoms. The molecule has 1 aromatic carbocycles. The van der Waals surface area contributed by atoms with E-state index in [-0.39, 0.29) is 12.0 Å². The molecule has 0 aliphatic carbocycles. The molecule has 2 bridgehead atoms. The van der Waals surface area contributed by atoms with Gasteiger partial charge in [0.05, 0.1) is 25.7 Å². The molecule has 5 nitrogen and oxygen atoms in total. The van der Waals surface area contributed by atoms with Crippen molar-refractivity contribution in [3.8, 4) is 0 Å². The van der Waals surface area contributed by atoms with Gasteiger partial charge in [0.1, 0.15) is 11.5 Å². The third-order valence-electron chi connectivity index (χ3n) is 4.71. The van der Waals surface area contributed by atoms with E-state index in [1.165, 1.54) is 7.11 Å². The topological polar surface area (TPSA) is 55.8 Å². The normalized spacial score (nSPS) is 35.1. The molecule has 0 saturated carbocycles. The van der Waals surface area contributed by atoms with Crippen LogP contribution >= 0.6 is 11.6 Å². The van der Waals surface area contributed by atoms with Crippen molar-refractivity contribution in [2.24, 2.45) is 11.8 Å². The smallest absolute Gasteiger partial charge is 0.312 e. The van der Waals surface area contributed by atoms with Crippen LogP contribution in [-0.4, -0.2) is 37.2 Å². The number of nitrogens with zero attached hydrogens (tertiary/aromatic N) is 1. The van der Waals surface area contributed by atoms with Crippen LogP contribution in [0.5, 0.6) is 0 Å². The second-order valence-corrected chi connectivity index (χ2v) is 6.26. The van der Waals surface area contributed by atoms with E-state index in [9.17, 15) is 9.59 Å². The third kappa shape index (κ3) is 1.69. The van der Waals surface area contributed by atoms with Gasteiger partial charge in [-0.3, -0.25) is 9.59 Å². The van der Waals surface area contributed by atoms with Crippen LogP contribution in [0.1, 0.15) is 0 Å². The lowest BCUT2D eigenvalue weighted by Gasteiger charge is -2.22. The van der Waals surface area contributed by atoms with Gasteiger partial charge in [-0.2, -0.15) is 0 Å². The zero-order valence-electron chi connectivity index (χ0n) is 11.9. The number of methoxy groups -OCH3 is 1. The number of hydrogen-bond acceptors (Lipinski definition) is 4. The van der Waals surface area contributed by atoms with Gasteiger partial charge in [0.25, 0.3) is 0 Å². The summed E-state index contributed by atoms with van der Waals surface area (Å²) in [6.07, 6.45) is 3.40. The number of halogens is 1. The predicted molar refractivity (Wildman–Crippen MR) is 79.5 cm³/mol. The van der Waals surface area contributed by atoms with Gasteiger partial charge in [0.15, 0.2) is 0 Å². The van der Waals surface area contributed by atoms with Crippen LogP contribution in [0.4, 0.5) is 5.69 Å². The van der Waals surface area contributed by atoms with Gasteiger partial charge in [-0.25, -0.2) is 0 Å². The summed E-state index contributed by atoms with van der Waals surface area (Å²) >= 11 is 5.89. The van der Waals surface area contributed by atoms with Crippen LogP contribution in [0.3, 0.4) is 0 Å². The monoisotopic (exact) mass is 319 g/mol. The molecule has 22 heavy (non-hydrogen) atoms. The molecule has 2 saturated heterocycles. The second-order valence-electron chi connectivity index (χ2n) is 5.82. The van der Waals surface area contributed by atoms with E-state index in [1.807, 2.05) is 12.2 Å². The minimum Gasteiger partial charge on any atom is -0.469 e. The fourth-order valence-corrected chi connectivity index (χ4v) is 3.87.